The first-order valence-electron chi connectivity index (χ1n) is 29.9. The van der Waals surface area contributed by atoms with Crippen molar-refractivity contribution in [1.29, 1.82) is 0 Å². The van der Waals surface area contributed by atoms with E-state index in [0.29, 0.717) is 49.6 Å². The van der Waals surface area contributed by atoms with Gasteiger partial charge < -0.3 is 34.6 Å². The van der Waals surface area contributed by atoms with Crippen molar-refractivity contribution in [3.8, 4) is 11.5 Å². The molecule has 23 heteroatoms. The Hall–Kier alpha value is -7.34. The predicted octanol–water partition coefficient (Wildman–Crippen LogP) is 9.82. The van der Waals surface area contributed by atoms with E-state index < -0.39 is 43.4 Å². The van der Waals surface area contributed by atoms with E-state index in [1.807, 2.05) is 30.3 Å². The Morgan fingerprint density at radius 1 is 0.931 bits per heavy atom. The van der Waals surface area contributed by atoms with Crippen LogP contribution in [0.5, 0.6) is 11.5 Å². The number of hydrogen-bond acceptors (Lipinski definition) is 16. The molecule has 20 nitrogen and oxygen atoms in total. The molecule has 1 aliphatic carbocycles. The lowest BCUT2D eigenvalue weighted by Gasteiger charge is -2.39. The molecule has 458 valence electrons. The van der Waals surface area contributed by atoms with E-state index in [9.17, 15) is 37.7 Å². The molecule has 1 atom stereocenters. The lowest BCUT2D eigenvalue weighted by Crippen LogP contribution is -2.52. The third kappa shape index (κ3) is 14.6. The number of sulfonamides is 1. The lowest BCUT2D eigenvalue weighted by molar-refractivity contribution is -0.384. The molecule has 0 radical (unpaired) electrons. The van der Waals surface area contributed by atoms with E-state index in [1.54, 1.807) is 53.2 Å². The number of imide groups is 1. The monoisotopic (exact) mass is 1240 g/mol. The summed E-state index contributed by atoms with van der Waals surface area (Å²) in [5.74, 6) is -0.332. The number of nitrogens with zero attached hydrogens (tertiary/aromatic N) is 7. The minimum Gasteiger partial charge on any atom is -0.455 e. The minimum absolute atomic E-state index is 0.0504. The maximum atomic E-state index is 14.2. The molecule has 2 aromatic heterocycles. The molecule has 5 aliphatic rings. The van der Waals surface area contributed by atoms with Crippen molar-refractivity contribution in [1.82, 2.24) is 39.6 Å². The normalized spacial score (nSPS) is 18.8. The van der Waals surface area contributed by atoms with E-state index in [-0.39, 0.29) is 46.6 Å². The number of anilines is 2. The average molecular weight is 1240 g/mol. The number of benzene rings is 4. The summed E-state index contributed by atoms with van der Waals surface area (Å²) < 4.78 is 36.5. The Morgan fingerprint density at radius 3 is 2.49 bits per heavy atom. The Labute approximate surface area is 516 Å². The van der Waals surface area contributed by atoms with Crippen LogP contribution in [-0.2, 0) is 26.2 Å². The highest BCUT2D eigenvalue weighted by Gasteiger charge is 2.40. The maximum absolute atomic E-state index is 14.2. The van der Waals surface area contributed by atoms with E-state index in [0.717, 1.165) is 129 Å². The van der Waals surface area contributed by atoms with Crippen molar-refractivity contribution < 1.29 is 37.3 Å². The molecule has 4 N–H and O–H groups in total. The Balaban J connectivity index is 0.662. The van der Waals surface area contributed by atoms with Crippen molar-refractivity contribution >= 4 is 90.7 Å². The van der Waals surface area contributed by atoms with E-state index in [4.69, 9.17) is 16.3 Å². The zero-order valence-electron chi connectivity index (χ0n) is 49.3. The minimum atomic E-state index is -4.62. The number of allylic oxidation sites excluding steroid dienone is 1. The van der Waals surface area contributed by atoms with E-state index in [1.165, 1.54) is 35.0 Å². The van der Waals surface area contributed by atoms with Crippen LogP contribution in [0.15, 0.2) is 119 Å². The number of pyridine rings is 1. The number of H-pyrrole nitrogens is 1. The van der Waals surface area contributed by atoms with Gasteiger partial charge in [-0.15, -0.1) is 11.8 Å². The highest BCUT2D eigenvalue weighted by Crippen LogP contribution is 2.44. The summed E-state index contributed by atoms with van der Waals surface area (Å²) >= 11 is 7.98. The van der Waals surface area contributed by atoms with Gasteiger partial charge in [-0.05, 0) is 167 Å². The molecule has 0 saturated carbocycles. The molecular weight excluding hydrogens is 1170 g/mol. The van der Waals surface area contributed by atoms with Gasteiger partial charge in [0.15, 0.2) is 0 Å². The summed E-state index contributed by atoms with van der Waals surface area (Å²) in [6.45, 7) is 13.8. The summed E-state index contributed by atoms with van der Waals surface area (Å²) in [4.78, 5) is 82.7. The average Bonchev–Trinajstić information content (AvgIpc) is 2.39. The number of halogens is 1. The molecule has 11 rings (SSSR count). The first-order chi connectivity index (χ1) is 41.8. The van der Waals surface area contributed by atoms with Crippen LogP contribution in [0.3, 0.4) is 0 Å². The molecule has 6 heterocycles. The van der Waals surface area contributed by atoms with Crippen LogP contribution in [0.2, 0.25) is 5.02 Å². The topological polar surface area (TPSA) is 236 Å². The van der Waals surface area contributed by atoms with Gasteiger partial charge in [0.05, 0.1) is 21.6 Å². The number of amides is 4. The second kappa shape index (κ2) is 26.6. The number of likely N-dealkylation sites (tertiary alicyclic amines) is 1. The van der Waals surface area contributed by atoms with Crippen molar-refractivity contribution in [3.05, 3.63) is 146 Å². The fourth-order valence-electron chi connectivity index (χ4n) is 12.5. The molecular formula is C64H74ClN11O9S2. The quantitative estimate of drug-likeness (QED) is 0.0214. The molecule has 4 aromatic carbocycles. The van der Waals surface area contributed by atoms with E-state index in [2.05, 4.69) is 78.0 Å². The van der Waals surface area contributed by atoms with Gasteiger partial charge in [0.2, 0.25) is 11.8 Å². The third-order valence-corrected chi connectivity index (χ3v) is 20.3. The second-order valence-corrected chi connectivity index (χ2v) is 27.5. The number of hydrogen-bond donors (Lipinski definition) is 4. The Kier molecular flexibility index (Phi) is 18.7. The molecule has 3 saturated heterocycles. The number of carbonyl (C=O) groups is 4. The number of piperidine rings is 2. The second-order valence-electron chi connectivity index (χ2n) is 24.3. The molecule has 0 bridgehead atoms. The smallest absolute Gasteiger partial charge is 0.293 e. The molecule has 4 amide bonds. The number of aromatic nitrogens is 2. The van der Waals surface area contributed by atoms with Crippen molar-refractivity contribution in [3.63, 3.8) is 0 Å². The fourth-order valence-corrected chi connectivity index (χ4v) is 14.8. The number of thioether (sulfide) groups is 1. The van der Waals surface area contributed by atoms with Crippen LogP contribution in [0.1, 0.15) is 97.1 Å². The van der Waals surface area contributed by atoms with Crippen LogP contribution in [0.25, 0.3) is 16.6 Å². The van der Waals surface area contributed by atoms with Gasteiger partial charge in [0, 0.05) is 109 Å². The highest BCUT2D eigenvalue weighted by molar-refractivity contribution is 7.99. The third-order valence-electron chi connectivity index (χ3n) is 17.6. The van der Waals surface area contributed by atoms with E-state index >= 15 is 0 Å². The zero-order chi connectivity index (χ0) is 61.0. The van der Waals surface area contributed by atoms with Crippen LogP contribution in [0, 0.1) is 21.4 Å². The molecule has 6 aromatic rings. The number of nitro benzene ring substituents is 1. The number of nitrogens with one attached hydrogen (secondary N) is 4. The number of carbonyl (C=O) groups excluding carboxylic acids is 4. The number of fused-ring (bicyclic) bond motifs is 2. The maximum Gasteiger partial charge on any atom is 0.293 e. The Bertz CT molecular complexity index is 3730. The van der Waals surface area contributed by atoms with Crippen molar-refractivity contribution in [2.45, 2.75) is 87.6 Å². The van der Waals surface area contributed by atoms with Crippen molar-refractivity contribution in [2.75, 3.05) is 95.0 Å². The molecule has 3 fully saturated rings. The van der Waals surface area contributed by atoms with Crippen LogP contribution < -0.4 is 25.0 Å². The van der Waals surface area contributed by atoms with Gasteiger partial charge in [0.25, 0.3) is 27.5 Å². The molecule has 1 unspecified atom stereocenters. The summed E-state index contributed by atoms with van der Waals surface area (Å²) in [5, 5.41) is 19.6. The zero-order valence-corrected chi connectivity index (χ0v) is 51.7. The molecule has 0 spiro atoms. The number of piperazine rings is 1. The Morgan fingerprint density at radius 2 is 1.72 bits per heavy atom. The van der Waals surface area contributed by atoms with Crippen LogP contribution in [-0.4, -0.2) is 157 Å². The van der Waals surface area contributed by atoms with Gasteiger partial charge in [0.1, 0.15) is 28.9 Å². The summed E-state index contributed by atoms with van der Waals surface area (Å²) in [6, 6.07) is 25.5. The lowest BCUT2D eigenvalue weighted by atomic mass is 9.72. The van der Waals surface area contributed by atoms with Gasteiger partial charge in [-0.1, -0.05) is 49.2 Å². The largest absolute Gasteiger partial charge is 0.455 e. The van der Waals surface area contributed by atoms with Gasteiger partial charge in [-0.3, -0.25) is 39.5 Å². The molecule has 87 heavy (non-hydrogen) atoms. The first-order valence-corrected chi connectivity index (χ1v) is 32.8. The molecule has 4 aliphatic heterocycles. The van der Waals surface area contributed by atoms with Crippen LogP contribution >= 0.6 is 23.4 Å². The van der Waals surface area contributed by atoms with Crippen LogP contribution in [0.4, 0.5) is 17.1 Å². The van der Waals surface area contributed by atoms with Gasteiger partial charge >= 0.3 is 0 Å². The highest BCUT2D eigenvalue weighted by atomic mass is 35.5. The predicted molar refractivity (Wildman–Crippen MR) is 338 cm³/mol. The SMILES string of the molecule is CN(CCCN1CCC(CNc2ccc(S(=O)(=O)NC(=O)c3ccc(N4CCN(CC5=C(c6ccc(Cl)cc6)CC(C)(C)CC5)CC4)cc3Oc3cnc4[nH]ccc4c3)cc2[N+](=O)[O-])CC1)CCSc1cccc2c1CN(C1CCC(=O)NC1=O)C2=O. The summed E-state index contributed by atoms with van der Waals surface area (Å²) in [6.07, 6.45) is 9.75. The summed E-state index contributed by atoms with van der Waals surface area (Å²) in [7, 11) is -2.52. The van der Waals surface area contributed by atoms with Gasteiger partial charge in [-0.2, -0.15) is 0 Å². The summed E-state index contributed by atoms with van der Waals surface area (Å²) in [5.41, 5.74) is 7.00. The number of aromatic amines is 1. The number of ether oxygens (including phenoxy) is 1. The van der Waals surface area contributed by atoms with Gasteiger partial charge in [-0.25, -0.2) is 18.1 Å². The first kappa shape index (κ1) is 61.3. The fraction of sp³-hybridized carbons (Fsp3) is 0.422. The van der Waals surface area contributed by atoms with Crippen molar-refractivity contribution in [2.24, 2.45) is 11.3 Å². The number of nitro groups is 1. The standard InChI is InChI=1S/C64H74ClN11O9S2/c1-64(2)22-18-45(52(37-64)43-8-10-46(65)11-9-43)40-73-28-30-74(31-29-73)47-12-14-51(57(35-47)85-48-34-44-19-23-66-60(44)68-39-48)61(78)70-87(83,84)49-13-15-54(56(36-49)76(81)82)67-38-42-20-26-72(27-21-42)25-5-24-71(3)32-33-86-58-7-4-6-50-53(58)41-75(63(50)80)55-16-17-59(77)69-62(55)79/h4,6-15,19,23,34-36,39,42,55,67H,5,16-18,20-22,24-33,37-38,40-41H2,1-3H3,(H,66,68)(H,70,78)(H,69,77,79). The number of rotatable bonds is 22.